The van der Waals surface area contributed by atoms with Crippen LogP contribution in [-0.4, -0.2) is 26.6 Å². The van der Waals surface area contributed by atoms with Crippen molar-refractivity contribution in [2.75, 3.05) is 0 Å². The van der Waals surface area contributed by atoms with Gasteiger partial charge >= 0.3 is 0 Å². The Morgan fingerprint density at radius 1 is 1.24 bits per heavy atom. The first-order valence-electron chi connectivity index (χ1n) is 8.59. The Morgan fingerprint density at radius 2 is 2.00 bits per heavy atom. The lowest BCUT2D eigenvalue weighted by molar-refractivity contribution is 0.0717. The lowest BCUT2D eigenvalue weighted by Gasteiger charge is -2.21. The third kappa shape index (κ3) is 3.22. The summed E-state index contributed by atoms with van der Waals surface area (Å²) in [7, 11) is 0. The van der Waals surface area contributed by atoms with Gasteiger partial charge in [0.1, 0.15) is 5.76 Å². The molecule has 0 N–H and O–H groups in total. The van der Waals surface area contributed by atoms with Gasteiger partial charge in [-0.25, -0.2) is 4.68 Å². The fourth-order valence-corrected chi connectivity index (χ4v) is 3.12. The van der Waals surface area contributed by atoms with Gasteiger partial charge in [0.2, 0.25) is 0 Å². The zero-order valence-electron chi connectivity index (χ0n) is 14.5. The highest BCUT2D eigenvalue weighted by Gasteiger charge is 2.33. The number of furan rings is 1. The SMILES string of the molecule is Cc1cc(C)n(-c2ccc(C(=O)N(Cc3ccco3)C3CC3)cc2)n1. The molecule has 1 amide bonds. The van der Waals surface area contributed by atoms with Crippen LogP contribution in [0.2, 0.25) is 0 Å². The molecule has 2 heterocycles. The van der Waals surface area contributed by atoms with E-state index < -0.39 is 0 Å². The Bertz CT molecular complexity index is 874. The highest BCUT2D eigenvalue weighted by molar-refractivity contribution is 5.94. The molecule has 1 aliphatic rings. The maximum absolute atomic E-state index is 12.9. The monoisotopic (exact) mass is 335 g/mol. The summed E-state index contributed by atoms with van der Waals surface area (Å²) < 4.78 is 7.31. The Labute approximate surface area is 146 Å². The van der Waals surface area contributed by atoms with Crippen LogP contribution in [0.1, 0.15) is 40.3 Å². The highest BCUT2D eigenvalue weighted by atomic mass is 16.3. The molecule has 128 valence electrons. The molecule has 0 aliphatic heterocycles. The molecule has 0 unspecified atom stereocenters. The summed E-state index contributed by atoms with van der Waals surface area (Å²) in [6.45, 7) is 4.52. The molecular formula is C20H21N3O2. The topological polar surface area (TPSA) is 51.3 Å². The predicted octanol–water partition coefficient (Wildman–Crippen LogP) is 3.89. The Hall–Kier alpha value is -2.82. The number of aromatic nitrogens is 2. The van der Waals surface area contributed by atoms with Crippen molar-refractivity contribution >= 4 is 5.91 Å². The molecule has 3 aromatic rings. The zero-order chi connectivity index (χ0) is 17.4. The minimum absolute atomic E-state index is 0.0545. The number of nitrogens with zero attached hydrogens (tertiary/aromatic N) is 3. The molecule has 0 atom stereocenters. The minimum Gasteiger partial charge on any atom is -0.467 e. The second-order valence-corrected chi connectivity index (χ2v) is 6.63. The predicted molar refractivity (Wildman–Crippen MR) is 94.6 cm³/mol. The number of carbonyl (C=O) groups excluding carboxylic acids is 1. The van der Waals surface area contributed by atoms with E-state index >= 15 is 0 Å². The molecule has 5 heteroatoms. The summed E-state index contributed by atoms with van der Waals surface area (Å²) in [4.78, 5) is 14.8. The van der Waals surface area contributed by atoms with E-state index in [1.54, 1.807) is 6.26 Å². The largest absolute Gasteiger partial charge is 0.467 e. The first-order chi connectivity index (χ1) is 12.1. The fourth-order valence-electron chi connectivity index (χ4n) is 3.12. The van der Waals surface area contributed by atoms with Gasteiger partial charge in [-0.15, -0.1) is 0 Å². The zero-order valence-corrected chi connectivity index (χ0v) is 14.5. The second-order valence-electron chi connectivity index (χ2n) is 6.63. The van der Waals surface area contributed by atoms with E-state index in [0.29, 0.717) is 18.2 Å². The molecule has 1 fully saturated rings. The first-order valence-corrected chi connectivity index (χ1v) is 8.59. The molecule has 0 bridgehead atoms. The number of hydrogen-bond donors (Lipinski definition) is 0. The maximum Gasteiger partial charge on any atom is 0.254 e. The summed E-state index contributed by atoms with van der Waals surface area (Å²) >= 11 is 0. The molecular weight excluding hydrogens is 314 g/mol. The van der Waals surface area contributed by atoms with Gasteiger partial charge in [0.25, 0.3) is 5.91 Å². The number of benzene rings is 1. The third-order valence-corrected chi connectivity index (χ3v) is 4.52. The molecule has 2 aromatic heterocycles. The summed E-state index contributed by atoms with van der Waals surface area (Å²) in [5, 5.41) is 4.49. The van der Waals surface area contributed by atoms with Crippen LogP contribution in [0.3, 0.4) is 0 Å². The van der Waals surface area contributed by atoms with Gasteiger partial charge in [0.15, 0.2) is 0 Å². The van der Waals surface area contributed by atoms with Crippen molar-refractivity contribution in [3.63, 3.8) is 0 Å². The van der Waals surface area contributed by atoms with Gasteiger partial charge in [-0.1, -0.05) is 0 Å². The van der Waals surface area contributed by atoms with Gasteiger partial charge in [-0.2, -0.15) is 5.10 Å². The van der Waals surface area contributed by atoms with Gasteiger partial charge in [-0.05, 0) is 69.2 Å². The molecule has 25 heavy (non-hydrogen) atoms. The molecule has 0 saturated heterocycles. The van der Waals surface area contributed by atoms with E-state index in [2.05, 4.69) is 5.10 Å². The van der Waals surface area contributed by atoms with Crippen LogP contribution < -0.4 is 0 Å². The van der Waals surface area contributed by atoms with Crippen molar-refractivity contribution in [1.82, 2.24) is 14.7 Å². The number of amides is 1. The van der Waals surface area contributed by atoms with Crippen molar-refractivity contribution in [2.45, 2.75) is 39.3 Å². The normalized spacial score (nSPS) is 13.8. The Morgan fingerprint density at radius 3 is 2.56 bits per heavy atom. The average molecular weight is 335 g/mol. The van der Waals surface area contributed by atoms with Gasteiger partial charge in [-0.3, -0.25) is 4.79 Å². The lowest BCUT2D eigenvalue weighted by atomic mass is 10.1. The molecule has 1 saturated carbocycles. The van der Waals surface area contributed by atoms with E-state index in [-0.39, 0.29) is 5.91 Å². The minimum atomic E-state index is 0.0545. The maximum atomic E-state index is 12.9. The number of rotatable bonds is 5. The van der Waals surface area contributed by atoms with Crippen molar-refractivity contribution in [3.8, 4) is 5.69 Å². The average Bonchev–Trinajstić information content (AvgIpc) is 3.21. The molecule has 0 spiro atoms. The van der Waals surface area contributed by atoms with E-state index in [1.807, 2.05) is 65.9 Å². The molecule has 1 aromatic carbocycles. The lowest BCUT2D eigenvalue weighted by Crippen LogP contribution is -2.32. The van der Waals surface area contributed by atoms with Gasteiger partial charge in [0.05, 0.1) is 24.2 Å². The Kier molecular flexibility index (Phi) is 3.92. The van der Waals surface area contributed by atoms with Gasteiger partial charge in [0, 0.05) is 17.3 Å². The van der Waals surface area contributed by atoms with Gasteiger partial charge < -0.3 is 9.32 Å². The number of hydrogen-bond acceptors (Lipinski definition) is 3. The quantitative estimate of drug-likeness (QED) is 0.711. The van der Waals surface area contributed by atoms with Crippen LogP contribution in [0.25, 0.3) is 5.69 Å². The van der Waals surface area contributed by atoms with Crippen LogP contribution in [-0.2, 0) is 6.54 Å². The molecule has 1 aliphatic carbocycles. The second kappa shape index (κ2) is 6.24. The van der Waals surface area contributed by atoms with Crippen LogP contribution in [0.4, 0.5) is 0 Å². The van der Waals surface area contributed by atoms with E-state index in [0.717, 1.165) is 35.7 Å². The standard InChI is InChI=1S/C20H21N3O2/c1-14-12-15(2)23(21-14)18-7-5-16(6-8-18)20(24)22(17-9-10-17)13-19-4-3-11-25-19/h3-8,11-12,17H,9-10,13H2,1-2H3. The van der Waals surface area contributed by atoms with E-state index in [1.165, 1.54) is 0 Å². The van der Waals surface area contributed by atoms with Crippen LogP contribution in [0.15, 0.2) is 53.1 Å². The number of aryl methyl sites for hydroxylation is 2. The van der Waals surface area contributed by atoms with Crippen molar-refractivity contribution in [3.05, 3.63) is 71.4 Å². The molecule has 5 nitrogen and oxygen atoms in total. The summed E-state index contributed by atoms with van der Waals surface area (Å²) in [5.41, 5.74) is 3.72. The third-order valence-electron chi connectivity index (χ3n) is 4.52. The van der Waals surface area contributed by atoms with Crippen LogP contribution in [0, 0.1) is 13.8 Å². The Balaban J connectivity index is 1.56. The molecule has 4 rings (SSSR count). The van der Waals surface area contributed by atoms with Crippen molar-refractivity contribution in [2.24, 2.45) is 0 Å². The van der Waals surface area contributed by atoms with Crippen molar-refractivity contribution < 1.29 is 9.21 Å². The fraction of sp³-hybridized carbons (Fsp3) is 0.300. The highest BCUT2D eigenvalue weighted by Crippen LogP contribution is 2.30. The van der Waals surface area contributed by atoms with Crippen LogP contribution in [0.5, 0.6) is 0 Å². The van der Waals surface area contributed by atoms with Crippen LogP contribution >= 0.6 is 0 Å². The molecule has 0 radical (unpaired) electrons. The van der Waals surface area contributed by atoms with Crippen molar-refractivity contribution in [1.29, 1.82) is 0 Å². The van der Waals surface area contributed by atoms with E-state index in [9.17, 15) is 4.79 Å². The number of carbonyl (C=O) groups is 1. The van der Waals surface area contributed by atoms with E-state index in [4.69, 9.17) is 4.42 Å². The summed E-state index contributed by atoms with van der Waals surface area (Å²) in [6.07, 6.45) is 3.78. The summed E-state index contributed by atoms with van der Waals surface area (Å²) in [6, 6.07) is 13.8. The summed E-state index contributed by atoms with van der Waals surface area (Å²) in [5.74, 6) is 0.873. The smallest absolute Gasteiger partial charge is 0.254 e. The first kappa shape index (κ1) is 15.7.